The molecule has 1 unspecified atom stereocenters. The number of hydrogen-bond acceptors (Lipinski definition) is 6. The monoisotopic (exact) mass is 296 g/mol. The highest BCUT2D eigenvalue weighted by Gasteiger charge is 2.38. The molecule has 1 amide bonds. The highest BCUT2D eigenvalue weighted by molar-refractivity contribution is 7.89. The Hall–Kier alpha value is -1.84. The van der Waals surface area contributed by atoms with Crippen LogP contribution in [0.15, 0.2) is 16.1 Å². The molecule has 0 aliphatic carbocycles. The van der Waals surface area contributed by atoms with Crippen molar-refractivity contribution in [2.75, 3.05) is 12.4 Å². The first kappa shape index (κ1) is 13.2. The Morgan fingerprint density at radius 2 is 2.05 bits per heavy atom. The average Bonchev–Trinajstić information content (AvgIpc) is 2.85. The van der Waals surface area contributed by atoms with Gasteiger partial charge in [-0.25, -0.2) is 13.6 Å². The van der Waals surface area contributed by atoms with Crippen molar-refractivity contribution < 1.29 is 13.2 Å². The molecule has 8 nitrogen and oxygen atoms in total. The van der Waals surface area contributed by atoms with E-state index in [4.69, 9.17) is 5.14 Å². The number of nitrogens with two attached hydrogens (primary N) is 1. The number of amides is 1. The van der Waals surface area contributed by atoms with Crippen molar-refractivity contribution in [3.63, 3.8) is 0 Å². The lowest BCUT2D eigenvalue weighted by molar-refractivity contribution is -0.116. The summed E-state index contributed by atoms with van der Waals surface area (Å²) in [7, 11) is -2.11. The number of carbonyl (C=O) groups is 1. The van der Waals surface area contributed by atoms with Gasteiger partial charge in [0.25, 0.3) is 5.91 Å². The van der Waals surface area contributed by atoms with Gasteiger partial charge in [-0.1, -0.05) is 5.18 Å². The van der Waals surface area contributed by atoms with Crippen LogP contribution >= 0.6 is 0 Å². The molecule has 2 aliphatic heterocycles. The van der Waals surface area contributed by atoms with Gasteiger partial charge in [0.2, 0.25) is 10.0 Å². The van der Waals surface area contributed by atoms with Crippen LogP contribution in [0.1, 0.15) is 22.7 Å². The smallest absolute Gasteiger partial charge is 0.257 e. The maximum absolute atomic E-state index is 11.7. The highest BCUT2D eigenvalue weighted by Crippen LogP contribution is 2.43. The summed E-state index contributed by atoms with van der Waals surface area (Å²) >= 11 is 0. The van der Waals surface area contributed by atoms with E-state index in [-0.39, 0.29) is 10.5 Å². The average molecular weight is 296 g/mol. The molecule has 0 saturated heterocycles. The fourth-order valence-electron chi connectivity index (χ4n) is 2.77. The highest BCUT2D eigenvalue weighted by atomic mass is 32.2. The van der Waals surface area contributed by atoms with Crippen LogP contribution in [0.25, 0.3) is 0 Å². The maximum atomic E-state index is 11.7. The quantitative estimate of drug-likeness (QED) is 0.746. The molecule has 0 bridgehead atoms. The second kappa shape index (κ2) is 4.08. The third-order valence-corrected chi connectivity index (χ3v) is 4.58. The zero-order valence-corrected chi connectivity index (χ0v) is 11.4. The molecule has 2 heterocycles. The molecule has 106 valence electrons. The molecule has 0 aromatic heterocycles. The van der Waals surface area contributed by atoms with E-state index in [0.29, 0.717) is 29.9 Å². The Labute approximate surface area is 115 Å². The first-order chi connectivity index (χ1) is 9.32. The molecular formula is C11H12N4O4S. The van der Waals surface area contributed by atoms with E-state index in [1.165, 1.54) is 6.07 Å². The summed E-state index contributed by atoms with van der Waals surface area (Å²) in [4.78, 5) is 24.4. The molecule has 3 rings (SSSR count). The molecular weight excluding hydrogens is 284 g/mol. The van der Waals surface area contributed by atoms with E-state index in [2.05, 4.69) is 10.5 Å². The molecule has 0 fully saturated rings. The third-order valence-electron chi connectivity index (χ3n) is 3.60. The van der Waals surface area contributed by atoms with E-state index in [0.717, 1.165) is 0 Å². The molecule has 3 N–H and O–H groups in total. The van der Waals surface area contributed by atoms with Crippen LogP contribution in [-0.4, -0.2) is 26.3 Å². The van der Waals surface area contributed by atoms with Gasteiger partial charge >= 0.3 is 0 Å². The van der Waals surface area contributed by atoms with Gasteiger partial charge in [0.05, 0.1) is 10.6 Å². The predicted molar refractivity (Wildman–Crippen MR) is 70.2 cm³/mol. The van der Waals surface area contributed by atoms with E-state index < -0.39 is 22.0 Å². The van der Waals surface area contributed by atoms with Gasteiger partial charge in [-0.15, -0.1) is 4.91 Å². The number of nitrogens with zero attached hydrogens (tertiary/aromatic N) is 2. The van der Waals surface area contributed by atoms with E-state index in [1.807, 2.05) is 11.9 Å². The number of nitrogens with one attached hydrogen (secondary N) is 1. The minimum Gasteiger partial charge on any atom is -0.323 e. The molecule has 1 aromatic rings. The van der Waals surface area contributed by atoms with Crippen LogP contribution in [0.2, 0.25) is 0 Å². The van der Waals surface area contributed by atoms with Gasteiger partial charge in [0, 0.05) is 18.7 Å². The largest absolute Gasteiger partial charge is 0.323 e. The SMILES string of the molecule is CN1Cc2c(S(N)(=O)=O)cc3c(c2C1)NC(=O)C3N=O. The molecule has 20 heavy (non-hydrogen) atoms. The normalized spacial score (nSPS) is 21.5. The van der Waals surface area contributed by atoms with Crippen LogP contribution in [0, 0.1) is 4.91 Å². The zero-order valence-electron chi connectivity index (χ0n) is 10.6. The Morgan fingerprint density at radius 1 is 1.40 bits per heavy atom. The summed E-state index contributed by atoms with van der Waals surface area (Å²) in [5.74, 6) is -0.543. The fourth-order valence-corrected chi connectivity index (χ4v) is 3.59. The topological polar surface area (TPSA) is 122 Å². The number of sulfonamides is 1. The van der Waals surface area contributed by atoms with Crippen LogP contribution < -0.4 is 10.5 Å². The summed E-state index contributed by atoms with van der Waals surface area (Å²) in [6, 6.07) is 0.0637. The molecule has 2 aliphatic rings. The van der Waals surface area contributed by atoms with Gasteiger partial charge in [0.1, 0.15) is 0 Å². The fraction of sp³-hybridized carbons (Fsp3) is 0.364. The summed E-state index contributed by atoms with van der Waals surface area (Å²) in [5, 5.41) is 10.6. The number of carbonyl (C=O) groups excluding carboxylic acids is 1. The van der Waals surface area contributed by atoms with Gasteiger partial charge in [-0.05, 0) is 24.2 Å². The zero-order chi connectivity index (χ0) is 14.7. The molecule has 1 atom stereocenters. The van der Waals surface area contributed by atoms with Crippen molar-refractivity contribution in [1.29, 1.82) is 0 Å². The van der Waals surface area contributed by atoms with Gasteiger partial charge in [-0.2, -0.15) is 0 Å². The van der Waals surface area contributed by atoms with Crippen molar-refractivity contribution >= 4 is 21.6 Å². The Kier molecular flexibility index (Phi) is 2.68. The standard InChI is InChI=1S/C11H12N4O4S/c1-15-3-6-7(4-15)9-5(2-8(6)20(12,18)19)10(14-17)11(16)13-9/h2,10H,3-4H2,1H3,(H,13,16)(H2,12,18,19). The maximum Gasteiger partial charge on any atom is 0.257 e. The van der Waals surface area contributed by atoms with Gasteiger partial charge in [-0.3, -0.25) is 9.69 Å². The van der Waals surface area contributed by atoms with Crippen molar-refractivity contribution in [2.24, 2.45) is 10.3 Å². The number of anilines is 1. The second-order valence-electron chi connectivity index (χ2n) is 5.01. The minimum atomic E-state index is -3.93. The van der Waals surface area contributed by atoms with E-state index in [1.54, 1.807) is 0 Å². The first-order valence-corrected chi connectivity index (χ1v) is 7.41. The number of rotatable bonds is 2. The van der Waals surface area contributed by atoms with Crippen LogP contribution in [-0.2, 0) is 27.9 Å². The summed E-state index contributed by atoms with van der Waals surface area (Å²) in [6.45, 7) is 0.899. The van der Waals surface area contributed by atoms with Gasteiger partial charge in [0.15, 0.2) is 6.04 Å². The Morgan fingerprint density at radius 3 is 2.65 bits per heavy atom. The van der Waals surface area contributed by atoms with Gasteiger partial charge < -0.3 is 5.32 Å². The Balaban J connectivity index is 2.33. The summed E-state index contributed by atoms with van der Waals surface area (Å²) in [6.07, 6.45) is 0. The van der Waals surface area contributed by atoms with E-state index >= 15 is 0 Å². The summed E-state index contributed by atoms with van der Waals surface area (Å²) < 4.78 is 23.4. The molecule has 1 aromatic carbocycles. The Bertz CT molecular complexity index is 743. The lowest BCUT2D eigenvalue weighted by Gasteiger charge is -2.11. The van der Waals surface area contributed by atoms with E-state index in [9.17, 15) is 18.1 Å². The van der Waals surface area contributed by atoms with Crippen LogP contribution in [0.5, 0.6) is 0 Å². The first-order valence-electron chi connectivity index (χ1n) is 5.86. The molecule has 0 saturated carbocycles. The van der Waals surface area contributed by atoms with Crippen LogP contribution in [0.4, 0.5) is 5.69 Å². The van der Waals surface area contributed by atoms with Crippen molar-refractivity contribution in [2.45, 2.75) is 24.0 Å². The minimum absolute atomic E-state index is 0.0410. The summed E-state index contributed by atoms with van der Waals surface area (Å²) in [5.41, 5.74) is 2.03. The lowest BCUT2D eigenvalue weighted by atomic mass is 10.0. The third kappa shape index (κ3) is 1.74. The van der Waals surface area contributed by atoms with Crippen molar-refractivity contribution in [3.8, 4) is 0 Å². The number of hydrogen-bond donors (Lipinski definition) is 2. The van der Waals surface area contributed by atoms with Crippen molar-refractivity contribution in [3.05, 3.63) is 27.7 Å². The number of fused-ring (bicyclic) bond motifs is 3. The lowest BCUT2D eigenvalue weighted by Crippen LogP contribution is -2.16. The number of nitroso groups, excluding NO2 is 1. The van der Waals surface area contributed by atoms with Crippen LogP contribution in [0.3, 0.4) is 0 Å². The second-order valence-corrected chi connectivity index (χ2v) is 6.54. The molecule has 0 spiro atoms. The molecule has 0 radical (unpaired) electrons. The molecule has 9 heteroatoms. The number of primary sulfonamides is 1. The predicted octanol–water partition coefficient (Wildman–Crippen LogP) is 0.0390. The number of benzene rings is 1. The van der Waals surface area contributed by atoms with Crippen molar-refractivity contribution in [1.82, 2.24) is 4.90 Å².